The number of anilines is 1. The van der Waals surface area contributed by atoms with Gasteiger partial charge in [-0.05, 0) is 42.0 Å². The van der Waals surface area contributed by atoms with Crippen LogP contribution >= 0.6 is 11.7 Å². The molecule has 5 nitrogen and oxygen atoms in total. The minimum absolute atomic E-state index is 0.0759. The number of aromatic nitrogens is 3. The lowest BCUT2D eigenvalue weighted by Crippen LogP contribution is -2.14. The van der Waals surface area contributed by atoms with Gasteiger partial charge in [0.25, 0.3) is 5.91 Å². The Morgan fingerprint density at radius 1 is 1.00 bits per heavy atom. The molecule has 0 fully saturated rings. The molecule has 29 heavy (non-hydrogen) atoms. The van der Waals surface area contributed by atoms with Crippen LogP contribution < -0.4 is 5.32 Å². The molecule has 2 heterocycles. The highest BCUT2D eigenvalue weighted by Gasteiger charge is 2.34. The first-order valence-electron chi connectivity index (χ1n) is 8.19. The van der Waals surface area contributed by atoms with E-state index in [0.29, 0.717) is 5.52 Å². The molecule has 1 N–H and O–H groups in total. The number of nitrogens with one attached hydrogen (secondary N) is 1. The Kier molecular flexibility index (Phi) is 4.71. The van der Waals surface area contributed by atoms with Gasteiger partial charge < -0.3 is 5.32 Å². The van der Waals surface area contributed by atoms with Crippen LogP contribution in [0.5, 0.6) is 0 Å². The Hall–Kier alpha value is -3.40. The zero-order valence-corrected chi connectivity index (χ0v) is 15.2. The van der Waals surface area contributed by atoms with Crippen molar-refractivity contribution < 1.29 is 22.4 Å². The Balaban J connectivity index is 1.66. The Morgan fingerprint density at radius 3 is 2.38 bits per heavy atom. The van der Waals surface area contributed by atoms with Crippen LogP contribution in [-0.4, -0.2) is 19.6 Å². The third-order valence-electron chi connectivity index (χ3n) is 4.13. The van der Waals surface area contributed by atoms with Crippen molar-refractivity contribution in [2.45, 2.75) is 6.18 Å². The lowest BCUT2D eigenvalue weighted by atomic mass is 9.99. The molecule has 2 aromatic carbocycles. The first-order chi connectivity index (χ1) is 13.8. The van der Waals surface area contributed by atoms with Crippen molar-refractivity contribution in [3.8, 4) is 11.1 Å². The zero-order valence-electron chi connectivity index (χ0n) is 14.4. The van der Waals surface area contributed by atoms with Crippen LogP contribution in [0.4, 0.5) is 23.4 Å². The van der Waals surface area contributed by atoms with Crippen molar-refractivity contribution >= 4 is 34.5 Å². The standard InChI is InChI=1S/C19H10F4N4OS/c20-14-4-2-1-3-11(14)18(28)25-17-6-5-10(9-24-17)12-7-15-16(27-29-26-15)8-13(12)19(21,22)23/h1-9H,(H,24,25,28). The molecule has 0 saturated heterocycles. The quantitative estimate of drug-likeness (QED) is 0.467. The summed E-state index contributed by atoms with van der Waals surface area (Å²) in [6.45, 7) is 0. The highest BCUT2D eigenvalue weighted by Crippen LogP contribution is 2.39. The van der Waals surface area contributed by atoms with Crippen molar-refractivity contribution in [1.29, 1.82) is 0 Å². The summed E-state index contributed by atoms with van der Waals surface area (Å²) in [7, 11) is 0. The third-order valence-corrected chi connectivity index (χ3v) is 4.69. The van der Waals surface area contributed by atoms with Crippen LogP contribution in [0.15, 0.2) is 54.7 Å². The molecule has 0 bridgehead atoms. The molecule has 0 aliphatic carbocycles. The number of hydrogen-bond acceptors (Lipinski definition) is 5. The van der Waals surface area contributed by atoms with E-state index in [2.05, 4.69) is 19.0 Å². The molecule has 4 rings (SSSR count). The van der Waals surface area contributed by atoms with Crippen molar-refractivity contribution in [3.63, 3.8) is 0 Å². The van der Waals surface area contributed by atoms with Gasteiger partial charge in [0, 0.05) is 11.8 Å². The average molecular weight is 418 g/mol. The maximum Gasteiger partial charge on any atom is 0.417 e. The summed E-state index contributed by atoms with van der Waals surface area (Å²) < 4.78 is 62.0. The molecule has 0 atom stereocenters. The van der Waals surface area contributed by atoms with Crippen LogP contribution in [0.25, 0.3) is 22.2 Å². The second kappa shape index (κ2) is 7.21. The lowest BCUT2D eigenvalue weighted by molar-refractivity contribution is -0.137. The minimum Gasteiger partial charge on any atom is -0.306 e. The van der Waals surface area contributed by atoms with Crippen LogP contribution in [-0.2, 0) is 6.18 Å². The molecule has 0 unspecified atom stereocenters. The number of carbonyl (C=O) groups excluding carboxylic acids is 1. The maximum atomic E-state index is 13.7. The second-order valence-electron chi connectivity index (χ2n) is 6.01. The summed E-state index contributed by atoms with van der Waals surface area (Å²) in [6.07, 6.45) is -3.39. The summed E-state index contributed by atoms with van der Waals surface area (Å²) in [5.74, 6) is -1.33. The topological polar surface area (TPSA) is 67.8 Å². The Morgan fingerprint density at radius 2 is 1.72 bits per heavy atom. The van der Waals surface area contributed by atoms with Crippen molar-refractivity contribution in [1.82, 2.24) is 13.7 Å². The molecule has 0 aliphatic heterocycles. The number of nitrogens with zero attached hydrogens (tertiary/aromatic N) is 3. The van der Waals surface area contributed by atoms with E-state index in [9.17, 15) is 22.4 Å². The minimum atomic E-state index is -4.59. The number of rotatable bonds is 3. The largest absolute Gasteiger partial charge is 0.417 e. The fraction of sp³-hybridized carbons (Fsp3) is 0.0526. The number of pyridine rings is 1. The summed E-state index contributed by atoms with van der Waals surface area (Å²) in [4.78, 5) is 16.1. The molecule has 0 aliphatic rings. The summed E-state index contributed by atoms with van der Waals surface area (Å²) in [5.41, 5.74) is -0.433. The predicted molar refractivity (Wildman–Crippen MR) is 100 cm³/mol. The molecule has 146 valence electrons. The molecule has 4 aromatic rings. The van der Waals surface area contributed by atoms with Crippen LogP contribution in [0.3, 0.4) is 0 Å². The van der Waals surface area contributed by atoms with Gasteiger partial charge >= 0.3 is 6.18 Å². The summed E-state index contributed by atoms with van der Waals surface area (Å²) in [6, 6.07) is 10.4. The van der Waals surface area contributed by atoms with Crippen LogP contribution in [0.1, 0.15) is 15.9 Å². The van der Waals surface area contributed by atoms with Crippen LogP contribution in [0.2, 0.25) is 0 Å². The molecule has 2 aromatic heterocycles. The molecule has 0 saturated carbocycles. The first-order valence-corrected chi connectivity index (χ1v) is 8.92. The van der Waals surface area contributed by atoms with Crippen molar-refractivity contribution in [3.05, 3.63) is 71.7 Å². The highest BCUT2D eigenvalue weighted by atomic mass is 32.1. The van der Waals surface area contributed by atoms with Crippen LogP contribution in [0, 0.1) is 5.82 Å². The van der Waals surface area contributed by atoms with E-state index in [1.165, 1.54) is 42.6 Å². The van der Waals surface area contributed by atoms with E-state index in [-0.39, 0.29) is 28.0 Å². The molecule has 0 radical (unpaired) electrons. The van der Waals surface area contributed by atoms with Gasteiger partial charge in [-0.1, -0.05) is 12.1 Å². The predicted octanol–water partition coefficient (Wildman–Crippen LogP) is 5.16. The van der Waals surface area contributed by atoms with E-state index in [4.69, 9.17) is 0 Å². The van der Waals surface area contributed by atoms with Gasteiger partial charge in [-0.2, -0.15) is 21.9 Å². The van der Waals surface area contributed by atoms with Gasteiger partial charge in [-0.3, -0.25) is 4.79 Å². The summed E-state index contributed by atoms with van der Waals surface area (Å²) >= 11 is 0.823. The van der Waals surface area contributed by atoms with E-state index in [1.54, 1.807) is 0 Å². The monoisotopic (exact) mass is 418 g/mol. The molecular weight excluding hydrogens is 408 g/mol. The normalized spacial score (nSPS) is 11.6. The smallest absolute Gasteiger partial charge is 0.306 e. The van der Waals surface area contributed by atoms with Gasteiger partial charge in [-0.15, -0.1) is 0 Å². The number of hydrogen-bond donors (Lipinski definition) is 1. The summed E-state index contributed by atoms with van der Waals surface area (Å²) in [5, 5.41) is 2.42. The SMILES string of the molecule is O=C(Nc1ccc(-c2cc3nsnc3cc2C(F)(F)F)cn1)c1ccccc1F. The van der Waals surface area contributed by atoms with E-state index < -0.39 is 23.5 Å². The number of halogens is 4. The van der Waals surface area contributed by atoms with Gasteiger partial charge in [0.05, 0.1) is 22.9 Å². The fourth-order valence-electron chi connectivity index (χ4n) is 2.76. The first kappa shape index (κ1) is 18.9. The molecule has 1 amide bonds. The van der Waals surface area contributed by atoms with Crippen molar-refractivity contribution in [2.75, 3.05) is 5.32 Å². The average Bonchev–Trinajstić information content (AvgIpc) is 3.15. The second-order valence-corrected chi connectivity index (χ2v) is 6.54. The molecule has 10 heteroatoms. The van der Waals surface area contributed by atoms with Crippen molar-refractivity contribution in [2.24, 2.45) is 0 Å². The highest BCUT2D eigenvalue weighted by molar-refractivity contribution is 7.00. The van der Waals surface area contributed by atoms with E-state index in [0.717, 1.165) is 23.9 Å². The number of alkyl halides is 3. The van der Waals surface area contributed by atoms with Gasteiger partial charge in [0.2, 0.25) is 0 Å². The molecular formula is C19H10F4N4OS. The Bertz CT molecular complexity index is 1210. The van der Waals surface area contributed by atoms with Gasteiger partial charge in [0.1, 0.15) is 22.7 Å². The lowest BCUT2D eigenvalue weighted by Gasteiger charge is -2.13. The number of amides is 1. The van der Waals surface area contributed by atoms with Gasteiger partial charge in [-0.25, -0.2) is 9.37 Å². The fourth-order valence-corrected chi connectivity index (χ4v) is 3.27. The molecule has 0 spiro atoms. The number of carbonyl (C=O) groups is 1. The van der Waals surface area contributed by atoms with E-state index >= 15 is 0 Å². The Labute approximate surface area is 165 Å². The maximum absolute atomic E-state index is 13.7. The van der Waals surface area contributed by atoms with E-state index in [1.807, 2.05) is 0 Å². The zero-order chi connectivity index (χ0) is 20.6. The number of fused-ring (bicyclic) bond motifs is 1. The third kappa shape index (κ3) is 3.79. The van der Waals surface area contributed by atoms with Gasteiger partial charge in [0.15, 0.2) is 0 Å². The number of benzene rings is 2.